The van der Waals surface area contributed by atoms with Crippen LogP contribution in [0.25, 0.3) is 11.1 Å². The van der Waals surface area contributed by atoms with Crippen molar-refractivity contribution in [1.29, 1.82) is 0 Å². The van der Waals surface area contributed by atoms with Gasteiger partial charge in [0.2, 0.25) is 5.91 Å². The average molecular weight is 242 g/mol. The molecule has 5 nitrogen and oxygen atoms in total. The Hall–Kier alpha value is -2.56. The quantitative estimate of drug-likeness (QED) is 0.837. The highest BCUT2D eigenvalue weighted by atomic mass is 16.3. The van der Waals surface area contributed by atoms with E-state index < -0.39 is 5.91 Å². The summed E-state index contributed by atoms with van der Waals surface area (Å²) in [6.07, 6.45) is 1.78. The van der Waals surface area contributed by atoms with E-state index in [0.29, 0.717) is 12.0 Å². The zero-order valence-corrected chi connectivity index (χ0v) is 9.40. The second kappa shape index (κ2) is 3.73. The van der Waals surface area contributed by atoms with Crippen molar-refractivity contribution in [2.45, 2.75) is 6.42 Å². The van der Waals surface area contributed by atoms with Gasteiger partial charge in [-0.15, -0.1) is 0 Å². The van der Waals surface area contributed by atoms with Crippen LogP contribution in [0.1, 0.15) is 16.1 Å². The number of hydrogen-bond acceptors (Lipinski definition) is 3. The molecule has 0 fully saturated rings. The first kappa shape index (κ1) is 10.6. The third-order valence-corrected chi connectivity index (χ3v) is 2.93. The highest BCUT2D eigenvalue weighted by Gasteiger charge is 2.20. The number of carbonyl (C=O) groups is 2. The fourth-order valence-corrected chi connectivity index (χ4v) is 2.12. The van der Waals surface area contributed by atoms with Crippen LogP contribution >= 0.6 is 0 Å². The maximum absolute atomic E-state index is 11.3. The lowest BCUT2D eigenvalue weighted by Crippen LogP contribution is -2.10. The van der Waals surface area contributed by atoms with Crippen LogP contribution in [0.3, 0.4) is 0 Å². The first-order valence-electron chi connectivity index (χ1n) is 5.45. The van der Waals surface area contributed by atoms with E-state index in [1.165, 1.54) is 6.26 Å². The molecule has 0 spiro atoms. The molecule has 2 heterocycles. The van der Waals surface area contributed by atoms with Crippen LogP contribution < -0.4 is 11.1 Å². The summed E-state index contributed by atoms with van der Waals surface area (Å²) in [5.74, 6) is -0.499. The molecule has 0 unspecified atom stereocenters. The second-order valence-electron chi connectivity index (χ2n) is 4.12. The van der Waals surface area contributed by atoms with Gasteiger partial charge in [0.05, 0.1) is 12.7 Å². The van der Waals surface area contributed by atoms with Crippen molar-refractivity contribution in [3.05, 3.63) is 41.9 Å². The number of furan rings is 1. The van der Waals surface area contributed by atoms with Gasteiger partial charge in [-0.05, 0) is 29.3 Å². The third kappa shape index (κ3) is 1.57. The Balaban J connectivity index is 2.08. The fraction of sp³-hybridized carbons (Fsp3) is 0.0769. The molecule has 1 aliphatic heterocycles. The first-order chi connectivity index (χ1) is 8.65. The monoisotopic (exact) mass is 242 g/mol. The van der Waals surface area contributed by atoms with Crippen LogP contribution in [0.5, 0.6) is 0 Å². The number of fused-ring (bicyclic) bond motifs is 1. The highest BCUT2D eigenvalue weighted by molar-refractivity contribution is 6.01. The Kier molecular flexibility index (Phi) is 2.19. The van der Waals surface area contributed by atoms with Crippen molar-refractivity contribution < 1.29 is 14.0 Å². The van der Waals surface area contributed by atoms with Gasteiger partial charge >= 0.3 is 0 Å². The van der Waals surface area contributed by atoms with Crippen LogP contribution in [0.2, 0.25) is 0 Å². The maximum atomic E-state index is 11.3. The summed E-state index contributed by atoms with van der Waals surface area (Å²) < 4.78 is 5.06. The van der Waals surface area contributed by atoms with Crippen molar-refractivity contribution in [3.8, 4) is 11.1 Å². The Morgan fingerprint density at radius 3 is 2.94 bits per heavy atom. The van der Waals surface area contributed by atoms with E-state index in [-0.39, 0.29) is 11.7 Å². The Morgan fingerprint density at radius 1 is 1.33 bits per heavy atom. The van der Waals surface area contributed by atoms with Crippen molar-refractivity contribution >= 4 is 17.5 Å². The zero-order valence-electron chi connectivity index (χ0n) is 9.40. The molecular formula is C13H10N2O3. The van der Waals surface area contributed by atoms with E-state index in [0.717, 1.165) is 16.8 Å². The lowest BCUT2D eigenvalue weighted by molar-refractivity contribution is -0.115. The SMILES string of the molecule is NC(=O)c1occc1-c1ccc2c(c1)CC(=O)N2. The predicted molar refractivity (Wildman–Crippen MR) is 65.0 cm³/mol. The summed E-state index contributed by atoms with van der Waals surface area (Å²) in [7, 11) is 0. The van der Waals surface area contributed by atoms with E-state index in [4.69, 9.17) is 10.2 Å². The van der Waals surface area contributed by atoms with Gasteiger partial charge in [0.1, 0.15) is 0 Å². The smallest absolute Gasteiger partial charge is 0.285 e. The largest absolute Gasteiger partial charge is 0.459 e. The number of anilines is 1. The lowest BCUT2D eigenvalue weighted by Gasteiger charge is -2.03. The van der Waals surface area contributed by atoms with E-state index in [2.05, 4.69) is 5.32 Å². The standard InChI is InChI=1S/C13H10N2O3/c14-13(17)12-9(3-4-18-12)7-1-2-10-8(5-7)6-11(16)15-10/h1-5H,6H2,(H2,14,17)(H,15,16). The minimum Gasteiger partial charge on any atom is -0.459 e. The van der Waals surface area contributed by atoms with E-state index in [9.17, 15) is 9.59 Å². The number of hydrogen-bond donors (Lipinski definition) is 2. The predicted octanol–water partition coefficient (Wildman–Crippen LogP) is 1.54. The lowest BCUT2D eigenvalue weighted by atomic mass is 10.0. The summed E-state index contributed by atoms with van der Waals surface area (Å²) in [6, 6.07) is 7.19. The molecule has 1 aromatic heterocycles. The summed E-state index contributed by atoms with van der Waals surface area (Å²) >= 11 is 0. The molecule has 1 aromatic carbocycles. The number of primary amides is 1. The summed E-state index contributed by atoms with van der Waals surface area (Å²) in [5, 5.41) is 2.75. The summed E-state index contributed by atoms with van der Waals surface area (Å²) in [5.41, 5.74) is 8.41. The molecule has 0 aliphatic carbocycles. The number of benzene rings is 1. The molecule has 18 heavy (non-hydrogen) atoms. The van der Waals surface area contributed by atoms with Crippen LogP contribution in [0, 0.1) is 0 Å². The summed E-state index contributed by atoms with van der Waals surface area (Å²) in [6.45, 7) is 0. The molecular weight excluding hydrogens is 232 g/mol. The molecule has 0 bridgehead atoms. The molecule has 0 saturated carbocycles. The normalized spacial score (nSPS) is 13.2. The molecule has 1 aliphatic rings. The van der Waals surface area contributed by atoms with E-state index in [1.54, 1.807) is 6.07 Å². The number of nitrogens with one attached hydrogen (secondary N) is 1. The molecule has 5 heteroatoms. The van der Waals surface area contributed by atoms with Gasteiger partial charge in [-0.2, -0.15) is 0 Å². The van der Waals surface area contributed by atoms with E-state index in [1.807, 2.05) is 18.2 Å². The number of amides is 2. The van der Waals surface area contributed by atoms with Crippen LogP contribution in [0.4, 0.5) is 5.69 Å². The second-order valence-corrected chi connectivity index (χ2v) is 4.12. The van der Waals surface area contributed by atoms with Crippen LogP contribution in [-0.4, -0.2) is 11.8 Å². The number of nitrogens with two attached hydrogens (primary N) is 1. The van der Waals surface area contributed by atoms with Gasteiger partial charge in [-0.3, -0.25) is 9.59 Å². The Bertz CT molecular complexity index is 658. The van der Waals surface area contributed by atoms with Crippen molar-refractivity contribution in [1.82, 2.24) is 0 Å². The molecule has 2 aromatic rings. The fourth-order valence-electron chi connectivity index (χ4n) is 2.12. The molecule has 3 N–H and O–H groups in total. The molecule has 0 saturated heterocycles. The first-order valence-corrected chi connectivity index (χ1v) is 5.45. The highest BCUT2D eigenvalue weighted by Crippen LogP contribution is 2.31. The molecule has 0 radical (unpaired) electrons. The number of rotatable bonds is 2. The molecule has 3 rings (SSSR count). The van der Waals surface area contributed by atoms with Gasteiger partial charge in [-0.1, -0.05) is 6.07 Å². The van der Waals surface area contributed by atoms with Crippen LogP contribution in [-0.2, 0) is 11.2 Å². The van der Waals surface area contributed by atoms with Crippen LogP contribution in [0.15, 0.2) is 34.9 Å². The van der Waals surface area contributed by atoms with Gasteiger partial charge in [0.15, 0.2) is 5.76 Å². The van der Waals surface area contributed by atoms with Crippen molar-refractivity contribution in [2.24, 2.45) is 5.73 Å². The van der Waals surface area contributed by atoms with Gasteiger partial charge in [0, 0.05) is 11.3 Å². The Labute approximate surface area is 103 Å². The van der Waals surface area contributed by atoms with Crippen molar-refractivity contribution in [2.75, 3.05) is 5.32 Å². The van der Waals surface area contributed by atoms with Gasteiger partial charge in [-0.25, -0.2) is 0 Å². The third-order valence-electron chi connectivity index (χ3n) is 2.93. The molecule has 2 amide bonds. The minimum atomic E-state index is -0.607. The Morgan fingerprint density at radius 2 is 2.17 bits per heavy atom. The van der Waals surface area contributed by atoms with E-state index >= 15 is 0 Å². The summed E-state index contributed by atoms with van der Waals surface area (Å²) in [4.78, 5) is 22.5. The maximum Gasteiger partial charge on any atom is 0.285 e. The topological polar surface area (TPSA) is 85.3 Å². The minimum absolute atomic E-state index is 0.0236. The van der Waals surface area contributed by atoms with Gasteiger partial charge < -0.3 is 15.5 Å². The van der Waals surface area contributed by atoms with Gasteiger partial charge in [0.25, 0.3) is 5.91 Å². The average Bonchev–Trinajstić information content (AvgIpc) is 2.91. The molecule has 0 atom stereocenters. The molecule has 90 valence electrons. The zero-order chi connectivity index (χ0) is 12.7. The van der Waals surface area contributed by atoms with Crippen molar-refractivity contribution in [3.63, 3.8) is 0 Å². The number of carbonyl (C=O) groups excluding carboxylic acids is 2.